The van der Waals surface area contributed by atoms with E-state index in [1.807, 2.05) is 0 Å². The predicted octanol–water partition coefficient (Wildman–Crippen LogP) is 4.26. The number of likely N-dealkylation sites (tertiary alicyclic amines) is 1. The van der Waals surface area contributed by atoms with Gasteiger partial charge in [-0.1, -0.05) is 41.2 Å². The van der Waals surface area contributed by atoms with Gasteiger partial charge in [-0.05, 0) is 18.9 Å². The lowest BCUT2D eigenvalue weighted by Gasteiger charge is -2.22. The summed E-state index contributed by atoms with van der Waals surface area (Å²) in [5, 5.41) is 10.7. The number of nitrogens with zero attached hydrogens (tertiary/aromatic N) is 1. The topological polar surface area (TPSA) is 40.5 Å². The first-order valence-corrected chi connectivity index (χ1v) is 7.27. The number of phenolic OH excluding ortho intramolecular Hbond substituents is 1. The highest BCUT2D eigenvalue weighted by molar-refractivity contribution is 6.44. The number of rotatable bonds is 2. The number of carbonyl (C=O) groups is 1. The second kappa shape index (κ2) is 6.21. The van der Waals surface area contributed by atoms with Crippen LogP contribution in [-0.4, -0.2) is 22.5 Å². The summed E-state index contributed by atoms with van der Waals surface area (Å²) >= 11 is 17.9. The van der Waals surface area contributed by atoms with Gasteiger partial charge < -0.3 is 10.0 Å². The maximum Gasteiger partial charge on any atom is 0.222 e. The van der Waals surface area contributed by atoms with Crippen LogP contribution in [0.4, 0.5) is 0 Å². The first-order chi connectivity index (χ1) is 9.00. The molecular formula is C13H14Cl3NO2. The van der Waals surface area contributed by atoms with Gasteiger partial charge in [0.1, 0.15) is 5.75 Å². The second-order valence-corrected chi connectivity index (χ2v) is 5.80. The zero-order chi connectivity index (χ0) is 14.0. The SMILES string of the molecule is O=C1CCCCCN1Cc1c(O)c(Cl)cc(Cl)c1Cl. The molecule has 1 aromatic rings. The largest absolute Gasteiger partial charge is 0.506 e. The summed E-state index contributed by atoms with van der Waals surface area (Å²) in [6, 6.07) is 1.40. The molecule has 0 spiro atoms. The molecule has 6 heteroatoms. The maximum absolute atomic E-state index is 11.9. The van der Waals surface area contributed by atoms with Gasteiger partial charge in [0.15, 0.2) is 0 Å². The van der Waals surface area contributed by atoms with Crippen LogP contribution in [0, 0.1) is 0 Å². The Labute approximate surface area is 127 Å². The number of aromatic hydroxyl groups is 1. The maximum atomic E-state index is 11.9. The van der Waals surface area contributed by atoms with E-state index >= 15 is 0 Å². The van der Waals surface area contributed by atoms with E-state index < -0.39 is 0 Å². The molecule has 0 aliphatic carbocycles. The monoisotopic (exact) mass is 321 g/mol. The number of benzene rings is 1. The zero-order valence-corrected chi connectivity index (χ0v) is 12.5. The number of halogens is 3. The highest BCUT2D eigenvalue weighted by Gasteiger charge is 2.21. The molecular weight excluding hydrogens is 309 g/mol. The number of phenols is 1. The Bertz CT molecular complexity index is 479. The molecule has 1 N–H and O–H groups in total. The fourth-order valence-corrected chi connectivity index (χ4v) is 2.88. The van der Waals surface area contributed by atoms with Crippen molar-refractivity contribution < 1.29 is 9.90 Å². The lowest BCUT2D eigenvalue weighted by molar-refractivity contribution is -0.131. The van der Waals surface area contributed by atoms with E-state index in [9.17, 15) is 9.90 Å². The summed E-state index contributed by atoms with van der Waals surface area (Å²) in [7, 11) is 0. The van der Waals surface area contributed by atoms with E-state index in [4.69, 9.17) is 34.8 Å². The Kier molecular flexibility index (Phi) is 4.82. The molecule has 19 heavy (non-hydrogen) atoms. The molecule has 1 aliphatic rings. The molecule has 1 aromatic carbocycles. The van der Waals surface area contributed by atoms with Crippen molar-refractivity contribution in [3.05, 3.63) is 26.7 Å². The molecule has 3 nitrogen and oxygen atoms in total. The van der Waals surface area contributed by atoms with Crippen LogP contribution in [0.3, 0.4) is 0 Å². The lowest BCUT2D eigenvalue weighted by atomic mass is 10.1. The minimum atomic E-state index is -0.104. The van der Waals surface area contributed by atoms with Gasteiger partial charge in [-0.15, -0.1) is 0 Å². The molecule has 0 radical (unpaired) electrons. The summed E-state index contributed by atoms with van der Waals surface area (Å²) < 4.78 is 0. The van der Waals surface area contributed by atoms with Gasteiger partial charge in [0, 0.05) is 18.5 Å². The van der Waals surface area contributed by atoms with Crippen LogP contribution in [0.25, 0.3) is 0 Å². The first kappa shape index (κ1) is 14.8. The Balaban J connectivity index is 2.29. The first-order valence-electron chi connectivity index (χ1n) is 6.14. The summed E-state index contributed by atoms with van der Waals surface area (Å²) in [6.07, 6.45) is 3.44. The summed E-state index contributed by atoms with van der Waals surface area (Å²) in [5.74, 6) is -0.0304. The standard InChI is InChI=1S/C13H14Cl3NO2/c14-9-6-10(15)13(19)8(12(9)16)7-17-5-3-1-2-4-11(17)18/h6,19H,1-5,7H2. The zero-order valence-electron chi connectivity index (χ0n) is 10.3. The van der Waals surface area contributed by atoms with Crippen molar-refractivity contribution in [3.8, 4) is 5.75 Å². The van der Waals surface area contributed by atoms with E-state index in [2.05, 4.69) is 0 Å². The molecule has 1 amide bonds. The number of hydrogen-bond acceptors (Lipinski definition) is 2. The van der Waals surface area contributed by atoms with Crippen LogP contribution in [0.15, 0.2) is 6.07 Å². The molecule has 0 aromatic heterocycles. The average Bonchev–Trinajstić information content (AvgIpc) is 2.57. The molecule has 104 valence electrons. The van der Waals surface area contributed by atoms with Crippen LogP contribution in [0.2, 0.25) is 15.1 Å². The molecule has 1 aliphatic heterocycles. The van der Waals surface area contributed by atoms with E-state index in [0.717, 1.165) is 19.3 Å². The Morgan fingerprint density at radius 2 is 1.89 bits per heavy atom. The van der Waals surface area contributed by atoms with Gasteiger partial charge >= 0.3 is 0 Å². The molecule has 2 rings (SSSR count). The van der Waals surface area contributed by atoms with Crippen molar-refractivity contribution in [2.45, 2.75) is 32.2 Å². The molecule has 1 heterocycles. The van der Waals surface area contributed by atoms with Crippen molar-refractivity contribution in [3.63, 3.8) is 0 Å². The average molecular weight is 323 g/mol. The Morgan fingerprint density at radius 1 is 1.16 bits per heavy atom. The van der Waals surface area contributed by atoms with E-state index in [1.165, 1.54) is 6.07 Å². The summed E-state index contributed by atoms with van der Waals surface area (Å²) in [5.41, 5.74) is 0.411. The van der Waals surface area contributed by atoms with Crippen LogP contribution >= 0.6 is 34.8 Å². The molecule has 1 saturated heterocycles. The number of hydrogen-bond donors (Lipinski definition) is 1. The molecule has 0 atom stereocenters. The normalized spacial score (nSPS) is 16.6. The van der Waals surface area contributed by atoms with Gasteiger partial charge in [-0.25, -0.2) is 0 Å². The highest BCUT2D eigenvalue weighted by Crippen LogP contribution is 2.39. The molecule has 0 unspecified atom stereocenters. The van der Waals surface area contributed by atoms with Crippen molar-refractivity contribution >= 4 is 40.7 Å². The van der Waals surface area contributed by atoms with Crippen LogP contribution in [0.1, 0.15) is 31.2 Å². The predicted molar refractivity (Wildman–Crippen MR) is 77.0 cm³/mol. The quantitative estimate of drug-likeness (QED) is 0.827. The third-order valence-electron chi connectivity index (χ3n) is 3.26. The minimum absolute atomic E-state index is 0.0732. The van der Waals surface area contributed by atoms with Crippen molar-refractivity contribution in [1.29, 1.82) is 0 Å². The Morgan fingerprint density at radius 3 is 2.63 bits per heavy atom. The van der Waals surface area contributed by atoms with Crippen LogP contribution in [-0.2, 0) is 11.3 Å². The number of carbonyl (C=O) groups excluding carboxylic acids is 1. The lowest BCUT2D eigenvalue weighted by Crippen LogP contribution is -2.29. The molecule has 0 bridgehead atoms. The second-order valence-electron chi connectivity index (χ2n) is 4.61. The molecule has 0 saturated carbocycles. The van der Waals surface area contributed by atoms with Gasteiger partial charge in [-0.3, -0.25) is 4.79 Å². The van der Waals surface area contributed by atoms with Crippen molar-refractivity contribution in [1.82, 2.24) is 4.90 Å². The van der Waals surface area contributed by atoms with Crippen LogP contribution in [0.5, 0.6) is 5.75 Å². The fourth-order valence-electron chi connectivity index (χ4n) is 2.18. The van der Waals surface area contributed by atoms with Gasteiger partial charge in [0.05, 0.1) is 21.6 Å². The smallest absolute Gasteiger partial charge is 0.222 e. The number of amides is 1. The van der Waals surface area contributed by atoms with Gasteiger partial charge in [0.2, 0.25) is 5.91 Å². The van der Waals surface area contributed by atoms with Gasteiger partial charge in [0.25, 0.3) is 0 Å². The summed E-state index contributed by atoms with van der Waals surface area (Å²) in [4.78, 5) is 13.6. The van der Waals surface area contributed by atoms with E-state index in [-0.39, 0.29) is 33.3 Å². The minimum Gasteiger partial charge on any atom is -0.506 e. The Hall–Kier alpha value is -0.640. The highest BCUT2D eigenvalue weighted by atomic mass is 35.5. The third kappa shape index (κ3) is 3.28. The van der Waals surface area contributed by atoms with Crippen molar-refractivity contribution in [2.24, 2.45) is 0 Å². The van der Waals surface area contributed by atoms with Crippen molar-refractivity contribution in [2.75, 3.05) is 6.54 Å². The fraction of sp³-hybridized carbons (Fsp3) is 0.462. The molecule has 1 fully saturated rings. The van der Waals surface area contributed by atoms with Crippen LogP contribution < -0.4 is 0 Å². The van der Waals surface area contributed by atoms with Gasteiger partial charge in [-0.2, -0.15) is 0 Å². The van der Waals surface area contributed by atoms with E-state index in [1.54, 1.807) is 4.90 Å². The van der Waals surface area contributed by atoms with E-state index in [0.29, 0.717) is 18.5 Å². The third-order valence-corrected chi connectivity index (χ3v) is 4.38. The summed E-state index contributed by atoms with van der Waals surface area (Å²) in [6.45, 7) is 0.905.